The molecule has 0 spiro atoms. The van der Waals surface area contributed by atoms with Crippen molar-refractivity contribution in [1.29, 1.82) is 0 Å². The second-order valence-corrected chi connectivity index (χ2v) is 6.51. The average molecular weight is 272 g/mol. The molecule has 0 bridgehead atoms. The predicted molar refractivity (Wildman–Crippen MR) is 85.0 cm³/mol. The molecular formula is C18H28N2. The summed E-state index contributed by atoms with van der Waals surface area (Å²) in [5.41, 5.74) is 3.09. The molecule has 0 radical (unpaired) electrons. The van der Waals surface area contributed by atoms with E-state index in [2.05, 4.69) is 48.5 Å². The number of rotatable bonds is 5. The van der Waals surface area contributed by atoms with Crippen molar-refractivity contribution >= 4 is 0 Å². The highest BCUT2D eigenvalue weighted by molar-refractivity contribution is 5.37. The zero-order chi connectivity index (χ0) is 13.9. The molecule has 20 heavy (non-hydrogen) atoms. The van der Waals surface area contributed by atoms with Crippen molar-refractivity contribution in [2.45, 2.75) is 63.6 Å². The molecule has 0 heterocycles. The standard InChI is InChI=1S/C18H28N2/c1-3-12-19-18-16-11-7-4-8-14(16)13-17(18)20(2)15-9-5-6-10-15/h4,7-8,11,15,17-19H,3,5-6,9-10,12-13H2,1-2H3. The van der Waals surface area contributed by atoms with Gasteiger partial charge in [-0.25, -0.2) is 0 Å². The van der Waals surface area contributed by atoms with Crippen molar-refractivity contribution in [2.75, 3.05) is 13.6 Å². The second-order valence-electron chi connectivity index (χ2n) is 6.51. The van der Waals surface area contributed by atoms with Gasteiger partial charge in [0, 0.05) is 18.1 Å². The maximum absolute atomic E-state index is 3.80. The lowest BCUT2D eigenvalue weighted by Crippen LogP contribution is -2.45. The van der Waals surface area contributed by atoms with Gasteiger partial charge in [0.1, 0.15) is 0 Å². The van der Waals surface area contributed by atoms with Gasteiger partial charge in [0.25, 0.3) is 0 Å². The summed E-state index contributed by atoms with van der Waals surface area (Å²) in [7, 11) is 2.35. The van der Waals surface area contributed by atoms with E-state index in [1.165, 1.54) is 44.1 Å². The first-order valence-electron chi connectivity index (χ1n) is 8.34. The molecule has 0 amide bonds. The lowest BCUT2D eigenvalue weighted by molar-refractivity contribution is 0.148. The van der Waals surface area contributed by atoms with Crippen molar-refractivity contribution < 1.29 is 0 Å². The molecule has 2 atom stereocenters. The number of fused-ring (bicyclic) bond motifs is 1. The van der Waals surface area contributed by atoms with Crippen LogP contribution in [0, 0.1) is 0 Å². The fraction of sp³-hybridized carbons (Fsp3) is 0.667. The van der Waals surface area contributed by atoms with Gasteiger partial charge >= 0.3 is 0 Å². The van der Waals surface area contributed by atoms with Crippen molar-refractivity contribution in [3.05, 3.63) is 35.4 Å². The zero-order valence-electron chi connectivity index (χ0n) is 12.9. The van der Waals surface area contributed by atoms with Crippen molar-refractivity contribution in [3.8, 4) is 0 Å². The fourth-order valence-corrected chi connectivity index (χ4v) is 4.08. The Morgan fingerprint density at radius 2 is 1.95 bits per heavy atom. The quantitative estimate of drug-likeness (QED) is 0.882. The number of nitrogens with one attached hydrogen (secondary N) is 1. The van der Waals surface area contributed by atoms with Crippen LogP contribution in [0.4, 0.5) is 0 Å². The third-order valence-corrected chi connectivity index (χ3v) is 5.24. The molecule has 3 rings (SSSR count). The number of nitrogens with zero attached hydrogens (tertiary/aromatic N) is 1. The summed E-state index contributed by atoms with van der Waals surface area (Å²) < 4.78 is 0. The van der Waals surface area contributed by atoms with Crippen LogP contribution in [0.15, 0.2) is 24.3 Å². The Kier molecular flexibility index (Phi) is 4.42. The molecular weight excluding hydrogens is 244 g/mol. The first-order valence-corrected chi connectivity index (χ1v) is 8.34. The van der Waals surface area contributed by atoms with Gasteiger partial charge < -0.3 is 5.32 Å². The Morgan fingerprint density at radius 1 is 1.20 bits per heavy atom. The maximum atomic E-state index is 3.80. The van der Waals surface area contributed by atoms with E-state index in [1.54, 1.807) is 5.56 Å². The molecule has 1 aromatic rings. The molecule has 2 aliphatic carbocycles. The van der Waals surface area contributed by atoms with Crippen molar-refractivity contribution in [1.82, 2.24) is 10.2 Å². The summed E-state index contributed by atoms with van der Waals surface area (Å²) in [6, 6.07) is 11.0. The van der Waals surface area contributed by atoms with E-state index >= 15 is 0 Å². The van der Waals surface area contributed by atoms with Crippen LogP contribution in [-0.2, 0) is 6.42 Å². The Bertz CT molecular complexity index is 437. The topological polar surface area (TPSA) is 15.3 Å². The average Bonchev–Trinajstić information content (AvgIpc) is 3.12. The summed E-state index contributed by atoms with van der Waals surface area (Å²) in [5.74, 6) is 0. The second kappa shape index (κ2) is 6.28. The van der Waals surface area contributed by atoms with E-state index in [9.17, 15) is 0 Å². The number of hydrogen-bond donors (Lipinski definition) is 1. The van der Waals surface area contributed by atoms with E-state index in [4.69, 9.17) is 0 Å². The molecule has 1 aromatic carbocycles. The fourth-order valence-electron chi connectivity index (χ4n) is 4.08. The van der Waals surface area contributed by atoms with Gasteiger partial charge in [-0.3, -0.25) is 4.90 Å². The summed E-state index contributed by atoms with van der Waals surface area (Å²) in [6.07, 6.45) is 8.04. The Balaban J connectivity index is 1.79. The molecule has 2 nitrogen and oxygen atoms in total. The predicted octanol–water partition coefficient (Wildman–Crippen LogP) is 3.53. The van der Waals surface area contributed by atoms with Crippen LogP contribution in [0.2, 0.25) is 0 Å². The smallest absolute Gasteiger partial charge is 0.0484 e. The van der Waals surface area contributed by atoms with Crippen LogP contribution in [-0.4, -0.2) is 30.6 Å². The molecule has 2 aliphatic rings. The Morgan fingerprint density at radius 3 is 2.70 bits per heavy atom. The highest BCUT2D eigenvalue weighted by atomic mass is 15.2. The summed E-state index contributed by atoms with van der Waals surface area (Å²) >= 11 is 0. The number of likely N-dealkylation sites (N-methyl/N-ethyl adjacent to an activating group) is 1. The molecule has 2 heteroatoms. The molecule has 1 saturated carbocycles. The van der Waals surface area contributed by atoms with E-state index in [0.717, 1.165) is 12.6 Å². The van der Waals surface area contributed by atoms with E-state index in [1.807, 2.05) is 0 Å². The van der Waals surface area contributed by atoms with Gasteiger partial charge in [-0.05, 0) is 50.4 Å². The third-order valence-electron chi connectivity index (χ3n) is 5.24. The van der Waals surface area contributed by atoms with E-state index < -0.39 is 0 Å². The summed E-state index contributed by atoms with van der Waals surface area (Å²) in [6.45, 7) is 3.37. The number of benzene rings is 1. The van der Waals surface area contributed by atoms with E-state index in [0.29, 0.717) is 12.1 Å². The maximum Gasteiger partial charge on any atom is 0.0484 e. The summed E-state index contributed by atoms with van der Waals surface area (Å²) in [5, 5.41) is 3.80. The van der Waals surface area contributed by atoms with Crippen LogP contribution >= 0.6 is 0 Å². The SMILES string of the molecule is CCCNC1c2ccccc2CC1N(C)C1CCCC1. The minimum absolute atomic E-state index is 0.525. The highest BCUT2D eigenvalue weighted by Crippen LogP contribution is 2.37. The normalized spacial score (nSPS) is 26.4. The van der Waals surface area contributed by atoms with Gasteiger partial charge in [0.2, 0.25) is 0 Å². The van der Waals surface area contributed by atoms with Gasteiger partial charge in [-0.15, -0.1) is 0 Å². The Labute approximate surface area is 123 Å². The van der Waals surface area contributed by atoms with E-state index in [-0.39, 0.29) is 0 Å². The minimum Gasteiger partial charge on any atom is -0.309 e. The first kappa shape index (κ1) is 14.1. The largest absolute Gasteiger partial charge is 0.309 e. The molecule has 1 fully saturated rings. The van der Waals surface area contributed by atoms with Gasteiger partial charge in [0.15, 0.2) is 0 Å². The Hall–Kier alpha value is -0.860. The van der Waals surface area contributed by atoms with Gasteiger partial charge in [0.05, 0.1) is 0 Å². The molecule has 0 aliphatic heterocycles. The first-order chi connectivity index (χ1) is 9.81. The third kappa shape index (κ3) is 2.64. The van der Waals surface area contributed by atoms with Crippen LogP contribution in [0.1, 0.15) is 56.2 Å². The van der Waals surface area contributed by atoms with Crippen LogP contribution in [0.5, 0.6) is 0 Å². The molecule has 1 N–H and O–H groups in total. The zero-order valence-corrected chi connectivity index (χ0v) is 12.9. The highest BCUT2D eigenvalue weighted by Gasteiger charge is 2.37. The van der Waals surface area contributed by atoms with Crippen LogP contribution in [0.3, 0.4) is 0 Å². The monoisotopic (exact) mass is 272 g/mol. The molecule has 2 unspecified atom stereocenters. The van der Waals surface area contributed by atoms with Crippen LogP contribution < -0.4 is 5.32 Å². The molecule has 0 saturated heterocycles. The molecule has 0 aromatic heterocycles. The van der Waals surface area contributed by atoms with Crippen molar-refractivity contribution in [2.24, 2.45) is 0 Å². The molecule has 110 valence electrons. The van der Waals surface area contributed by atoms with Gasteiger partial charge in [-0.1, -0.05) is 44.0 Å². The van der Waals surface area contributed by atoms with Crippen LogP contribution in [0.25, 0.3) is 0 Å². The minimum atomic E-state index is 0.525. The number of hydrogen-bond acceptors (Lipinski definition) is 2. The van der Waals surface area contributed by atoms with Crippen molar-refractivity contribution in [3.63, 3.8) is 0 Å². The lowest BCUT2D eigenvalue weighted by Gasteiger charge is -2.35. The lowest BCUT2D eigenvalue weighted by atomic mass is 10.0. The van der Waals surface area contributed by atoms with Gasteiger partial charge in [-0.2, -0.15) is 0 Å². The summed E-state index contributed by atoms with van der Waals surface area (Å²) in [4.78, 5) is 2.68.